The Morgan fingerprint density at radius 3 is 2.59 bits per heavy atom. The van der Waals surface area contributed by atoms with Gasteiger partial charge >= 0.3 is 0 Å². The highest BCUT2D eigenvalue weighted by atomic mass is 35.5. The van der Waals surface area contributed by atoms with Gasteiger partial charge in [0.2, 0.25) is 11.2 Å². The molecule has 5 nitrogen and oxygen atoms in total. The summed E-state index contributed by atoms with van der Waals surface area (Å²) >= 11 is 6.00. The highest BCUT2D eigenvalue weighted by Gasteiger charge is 2.31. The summed E-state index contributed by atoms with van der Waals surface area (Å²) in [5.74, 6) is 0.460. The highest BCUT2D eigenvalue weighted by Crippen LogP contribution is 2.28. The third-order valence-electron chi connectivity index (χ3n) is 3.55. The Kier molecular flexibility index (Phi) is 4.85. The van der Waals surface area contributed by atoms with Crippen LogP contribution < -0.4 is 10.6 Å². The average molecular weight is 324 g/mol. The summed E-state index contributed by atoms with van der Waals surface area (Å²) < 4.78 is 0. The number of amides is 1. The van der Waals surface area contributed by atoms with Crippen LogP contribution in [0.3, 0.4) is 0 Å². The summed E-state index contributed by atoms with van der Waals surface area (Å²) in [5.41, 5.74) is 1.75. The number of aromatic nitrogens is 2. The van der Waals surface area contributed by atoms with Crippen LogP contribution in [0.5, 0.6) is 0 Å². The molecule has 0 aromatic carbocycles. The predicted octanol–water partition coefficient (Wildman–Crippen LogP) is 2.78. The Morgan fingerprint density at radius 2 is 2.00 bits per heavy atom. The summed E-state index contributed by atoms with van der Waals surface area (Å²) in [7, 11) is 0. The first kappa shape index (κ1) is 16.9. The fourth-order valence-corrected chi connectivity index (χ4v) is 2.77. The van der Waals surface area contributed by atoms with E-state index in [1.807, 2.05) is 27.7 Å². The molecule has 0 bridgehead atoms. The van der Waals surface area contributed by atoms with Crippen molar-refractivity contribution in [3.05, 3.63) is 23.5 Å². The van der Waals surface area contributed by atoms with Gasteiger partial charge in [0.1, 0.15) is 17.8 Å². The molecule has 1 unspecified atom stereocenters. The molecular weight excluding hydrogens is 300 g/mol. The molecule has 1 aromatic rings. The zero-order chi connectivity index (χ0) is 16.5. The van der Waals surface area contributed by atoms with Gasteiger partial charge in [0.25, 0.3) is 0 Å². The summed E-state index contributed by atoms with van der Waals surface area (Å²) in [4.78, 5) is 21.1. The van der Waals surface area contributed by atoms with Crippen LogP contribution in [0.2, 0.25) is 5.28 Å². The maximum Gasteiger partial charge on any atom is 0.247 e. The molecule has 0 radical (unpaired) electrons. The molecule has 0 aliphatic heterocycles. The van der Waals surface area contributed by atoms with E-state index in [1.54, 1.807) is 0 Å². The number of hydrogen-bond donors (Lipinski definition) is 2. The predicted molar refractivity (Wildman–Crippen MR) is 88.9 cm³/mol. The number of carbonyl (C=O) groups is 1. The fraction of sp³-hybridized carbons (Fsp3) is 0.625. The van der Waals surface area contributed by atoms with Crippen molar-refractivity contribution in [3.8, 4) is 0 Å². The lowest BCUT2D eigenvalue weighted by molar-refractivity contribution is -0.123. The zero-order valence-corrected chi connectivity index (χ0v) is 14.4. The van der Waals surface area contributed by atoms with Crippen LogP contribution in [0.15, 0.2) is 0 Å². The molecule has 0 saturated heterocycles. The molecule has 1 aliphatic rings. The van der Waals surface area contributed by atoms with Crippen molar-refractivity contribution in [1.29, 1.82) is 0 Å². The summed E-state index contributed by atoms with van der Waals surface area (Å²) in [6.07, 6.45) is 2.86. The van der Waals surface area contributed by atoms with Crippen LogP contribution in [-0.4, -0.2) is 27.5 Å². The van der Waals surface area contributed by atoms with Gasteiger partial charge in [-0.2, -0.15) is 0 Å². The maximum atomic E-state index is 12.5. The SMILES string of the molecule is [CH2+]C(C)[C@@H](Nc1nc(Cl)nc2c1CCC2)C(=O)NC(C)(C)C. The molecule has 120 valence electrons. The molecular formula is C16H24ClN4O+. The van der Waals surface area contributed by atoms with E-state index < -0.39 is 6.04 Å². The lowest BCUT2D eigenvalue weighted by Gasteiger charge is -2.26. The van der Waals surface area contributed by atoms with Gasteiger partial charge in [0, 0.05) is 11.1 Å². The molecule has 6 heteroatoms. The van der Waals surface area contributed by atoms with Crippen molar-refractivity contribution >= 4 is 23.3 Å². The van der Waals surface area contributed by atoms with Gasteiger partial charge in [0.05, 0.1) is 12.6 Å². The zero-order valence-electron chi connectivity index (χ0n) is 13.7. The monoisotopic (exact) mass is 323 g/mol. The van der Waals surface area contributed by atoms with Gasteiger partial charge in [-0.1, -0.05) is 0 Å². The minimum atomic E-state index is -0.463. The summed E-state index contributed by atoms with van der Waals surface area (Å²) in [6.45, 7) is 11.8. The minimum absolute atomic E-state index is 0.0866. The van der Waals surface area contributed by atoms with Gasteiger partial charge in [-0.15, -0.1) is 0 Å². The number of rotatable bonds is 4. The number of anilines is 1. The van der Waals surface area contributed by atoms with E-state index in [0.717, 1.165) is 30.5 Å². The van der Waals surface area contributed by atoms with E-state index in [9.17, 15) is 4.79 Å². The molecule has 22 heavy (non-hydrogen) atoms. The van der Waals surface area contributed by atoms with E-state index in [4.69, 9.17) is 11.6 Å². The lowest BCUT2D eigenvalue weighted by atomic mass is 10.0. The van der Waals surface area contributed by atoms with E-state index >= 15 is 0 Å². The molecule has 1 aliphatic carbocycles. The summed E-state index contributed by atoms with van der Waals surface area (Å²) in [5, 5.41) is 6.43. The Labute approximate surface area is 137 Å². The van der Waals surface area contributed by atoms with Crippen molar-refractivity contribution in [3.63, 3.8) is 0 Å². The molecule has 0 saturated carbocycles. The second-order valence-electron chi connectivity index (χ2n) is 6.96. The van der Waals surface area contributed by atoms with Crippen LogP contribution in [0.4, 0.5) is 5.82 Å². The molecule has 0 spiro atoms. The number of carbonyl (C=O) groups excluding carboxylic acids is 1. The van der Waals surface area contributed by atoms with Gasteiger partial charge in [-0.3, -0.25) is 4.79 Å². The average Bonchev–Trinajstić information content (AvgIpc) is 2.80. The lowest BCUT2D eigenvalue weighted by Crippen LogP contribution is -2.50. The fourth-order valence-electron chi connectivity index (χ4n) is 2.58. The largest absolute Gasteiger partial charge is 0.354 e. The Hall–Kier alpha value is -1.49. The second-order valence-corrected chi connectivity index (χ2v) is 7.30. The quantitative estimate of drug-likeness (QED) is 0.660. The van der Waals surface area contributed by atoms with Crippen LogP contribution in [0.1, 0.15) is 45.4 Å². The van der Waals surface area contributed by atoms with Crippen molar-refractivity contribution in [2.75, 3.05) is 5.32 Å². The minimum Gasteiger partial charge on any atom is -0.354 e. The van der Waals surface area contributed by atoms with Crippen molar-refractivity contribution < 1.29 is 4.79 Å². The summed E-state index contributed by atoms with van der Waals surface area (Å²) in [6, 6.07) is -0.463. The number of halogens is 1. The Balaban J connectivity index is 2.24. The van der Waals surface area contributed by atoms with E-state index in [2.05, 4.69) is 27.5 Å². The normalized spacial score (nSPS) is 16.8. The van der Waals surface area contributed by atoms with Gasteiger partial charge in [-0.25, -0.2) is 9.97 Å². The second kappa shape index (κ2) is 6.32. The smallest absolute Gasteiger partial charge is 0.247 e. The number of hydrogen-bond acceptors (Lipinski definition) is 4. The first-order chi connectivity index (χ1) is 10.2. The highest BCUT2D eigenvalue weighted by molar-refractivity contribution is 6.28. The van der Waals surface area contributed by atoms with Crippen molar-refractivity contribution in [2.45, 2.75) is 58.5 Å². The van der Waals surface area contributed by atoms with Crippen LogP contribution in [0.25, 0.3) is 0 Å². The Bertz CT molecular complexity index is 566. The Morgan fingerprint density at radius 1 is 1.32 bits per heavy atom. The van der Waals surface area contributed by atoms with Gasteiger partial charge in [-0.05, 0) is 58.6 Å². The molecule has 1 heterocycles. The van der Waals surface area contributed by atoms with Gasteiger partial charge < -0.3 is 10.6 Å². The molecule has 2 N–H and O–H groups in total. The van der Waals surface area contributed by atoms with E-state index in [1.165, 1.54) is 0 Å². The number of fused-ring (bicyclic) bond motifs is 1. The van der Waals surface area contributed by atoms with E-state index in [-0.39, 0.29) is 22.6 Å². The number of aryl methyl sites for hydroxylation is 1. The van der Waals surface area contributed by atoms with Crippen molar-refractivity contribution in [2.24, 2.45) is 5.92 Å². The number of nitrogens with one attached hydrogen (secondary N) is 2. The third-order valence-corrected chi connectivity index (χ3v) is 3.72. The molecule has 2 rings (SSSR count). The van der Waals surface area contributed by atoms with Gasteiger partial charge in [0.15, 0.2) is 0 Å². The molecule has 1 amide bonds. The molecule has 1 aromatic heterocycles. The first-order valence-electron chi connectivity index (χ1n) is 7.64. The van der Waals surface area contributed by atoms with Crippen LogP contribution >= 0.6 is 11.6 Å². The molecule has 2 atom stereocenters. The molecule has 0 fully saturated rings. The van der Waals surface area contributed by atoms with Crippen molar-refractivity contribution in [1.82, 2.24) is 15.3 Å². The standard InChI is InChI=1S/C16H23ClN4O/c1-9(2)12(14(22)21-16(3,4)5)19-13-10-7-6-8-11(10)18-15(17)20-13/h9,12H,1,6-8H2,2-5H3,(H-,18,19,20,21,22)/p+1/t9?,12-/m1/s1. The van der Waals surface area contributed by atoms with E-state index in [0.29, 0.717) is 5.82 Å². The van der Waals surface area contributed by atoms with Crippen LogP contribution in [0, 0.1) is 12.8 Å². The third kappa shape index (κ3) is 4.03. The first-order valence-corrected chi connectivity index (χ1v) is 8.02. The van der Waals surface area contributed by atoms with Crippen LogP contribution in [-0.2, 0) is 17.6 Å². The number of nitrogens with zero attached hydrogens (tertiary/aromatic N) is 2. The maximum absolute atomic E-state index is 12.5. The topological polar surface area (TPSA) is 66.9 Å².